The quantitative estimate of drug-likeness (QED) is 0.801. The molecule has 0 spiro atoms. The van der Waals surface area contributed by atoms with Crippen molar-refractivity contribution in [3.8, 4) is 6.07 Å². The van der Waals surface area contributed by atoms with Crippen molar-refractivity contribution >= 4 is 0 Å². The molecule has 0 atom stereocenters. The highest BCUT2D eigenvalue weighted by Crippen LogP contribution is 2.20. The number of hydrogen-bond acceptors (Lipinski definition) is 4. The average molecular weight is 221 g/mol. The van der Waals surface area contributed by atoms with Crippen LogP contribution in [0.5, 0.6) is 0 Å². The van der Waals surface area contributed by atoms with Crippen LogP contribution in [0.15, 0.2) is 10.6 Å². The van der Waals surface area contributed by atoms with Crippen molar-refractivity contribution in [3.63, 3.8) is 0 Å². The minimum absolute atomic E-state index is 0.147. The lowest BCUT2D eigenvalue weighted by Gasteiger charge is -2.23. The fraction of sp³-hybridized carbons (Fsp3) is 0.667. The normalized spacial score (nSPS) is 11.4. The summed E-state index contributed by atoms with van der Waals surface area (Å²) in [7, 11) is 0. The van der Waals surface area contributed by atoms with Gasteiger partial charge in [0.05, 0.1) is 11.8 Å². The topological polar surface area (TPSA) is 61.9 Å². The minimum atomic E-state index is 0.147. The van der Waals surface area contributed by atoms with Crippen LogP contribution in [0.3, 0.4) is 0 Å². The third kappa shape index (κ3) is 4.45. The average Bonchev–Trinajstić information content (AvgIpc) is 2.61. The van der Waals surface area contributed by atoms with Gasteiger partial charge in [0.15, 0.2) is 0 Å². The number of nitrogens with zero attached hydrogens (tertiary/aromatic N) is 2. The first-order valence-corrected chi connectivity index (χ1v) is 5.53. The van der Waals surface area contributed by atoms with E-state index in [4.69, 9.17) is 9.78 Å². The number of aryl methyl sites for hydroxylation is 1. The number of hydrogen-bond donors (Lipinski definition) is 1. The van der Waals surface area contributed by atoms with Gasteiger partial charge in [-0.15, -0.1) is 0 Å². The molecule has 1 rings (SSSR count). The number of nitrogens with one attached hydrogen (secondary N) is 1. The van der Waals surface area contributed by atoms with Crippen molar-refractivity contribution in [3.05, 3.63) is 17.5 Å². The molecule has 0 aliphatic heterocycles. The van der Waals surface area contributed by atoms with E-state index in [2.05, 4.69) is 30.4 Å². The fourth-order valence-electron chi connectivity index (χ4n) is 1.51. The maximum Gasteiger partial charge on any atom is 0.133 e. The summed E-state index contributed by atoms with van der Waals surface area (Å²) in [6, 6.07) is 4.11. The van der Waals surface area contributed by atoms with E-state index in [1.165, 1.54) is 0 Å². The highest BCUT2D eigenvalue weighted by atomic mass is 16.5. The van der Waals surface area contributed by atoms with Gasteiger partial charge in [0.25, 0.3) is 0 Å². The van der Waals surface area contributed by atoms with E-state index < -0.39 is 0 Å². The molecule has 88 valence electrons. The Hall–Kier alpha value is -1.34. The minimum Gasteiger partial charge on any atom is -0.361 e. The van der Waals surface area contributed by atoms with Gasteiger partial charge < -0.3 is 9.84 Å². The van der Waals surface area contributed by atoms with E-state index in [-0.39, 0.29) is 5.41 Å². The molecule has 16 heavy (non-hydrogen) atoms. The SMILES string of the molecule is Cc1cc(CNCC(C)(C)CCC#N)no1. The first-order chi connectivity index (χ1) is 7.53. The van der Waals surface area contributed by atoms with Gasteiger partial charge in [0.1, 0.15) is 5.76 Å². The summed E-state index contributed by atoms with van der Waals surface area (Å²) in [5, 5.41) is 15.8. The zero-order chi connectivity index (χ0) is 12.0. The molecule has 1 heterocycles. The molecule has 0 aliphatic carbocycles. The molecule has 0 unspecified atom stereocenters. The maximum atomic E-state index is 8.54. The van der Waals surface area contributed by atoms with Crippen LogP contribution >= 0.6 is 0 Å². The Kier molecular flexibility index (Phi) is 4.51. The Morgan fingerprint density at radius 1 is 1.56 bits per heavy atom. The molecule has 1 aromatic heterocycles. The lowest BCUT2D eigenvalue weighted by molar-refractivity contribution is 0.314. The molecule has 1 aromatic rings. The molecular formula is C12H19N3O. The summed E-state index contributed by atoms with van der Waals surface area (Å²) < 4.78 is 4.98. The molecular weight excluding hydrogens is 202 g/mol. The summed E-state index contributed by atoms with van der Waals surface area (Å²) in [5.74, 6) is 0.834. The second-order valence-corrected chi connectivity index (χ2v) is 4.85. The van der Waals surface area contributed by atoms with Crippen LogP contribution in [0.4, 0.5) is 0 Å². The van der Waals surface area contributed by atoms with Crippen LogP contribution in [0, 0.1) is 23.7 Å². The van der Waals surface area contributed by atoms with Crippen LogP contribution in [-0.4, -0.2) is 11.7 Å². The van der Waals surface area contributed by atoms with Gasteiger partial charge in [0, 0.05) is 25.6 Å². The molecule has 0 fully saturated rings. The first-order valence-electron chi connectivity index (χ1n) is 5.53. The summed E-state index contributed by atoms with van der Waals surface area (Å²) in [4.78, 5) is 0. The Morgan fingerprint density at radius 3 is 2.88 bits per heavy atom. The molecule has 1 N–H and O–H groups in total. The predicted molar refractivity (Wildman–Crippen MR) is 61.6 cm³/mol. The smallest absolute Gasteiger partial charge is 0.133 e. The van der Waals surface area contributed by atoms with Crippen LogP contribution in [0.2, 0.25) is 0 Å². The summed E-state index contributed by atoms with van der Waals surface area (Å²) in [5.41, 5.74) is 1.07. The van der Waals surface area contributed by atoms with Gasteiger partial charge in [-0.2, -0.15) is 5.26 Å². The Morgan fingerprint density at radius 2 is 2.31 bits per heavy atom. The number of rotatable bonds is 6. The lowest BCUT2D eigenvalue weighted by atomic mass is 9.88. The van der Waals surface area contributed by atoms with Crippen LogP contribution in [-0.2, 0) is 6.54 Å². The number of nitriles is 1. The van der Waals surface area contributed by atoms with Gasteiger partial charge in [0.2, 0.25) is 0 Å². The van der Waals surface area contributed by atoms with Crippen molar-refractivity contribution in [2.75, 3.05) is 6.54 Å². The zero-order valence-electron chi connectivity index (χ0n) is 10.2. The molecule has 0 radical (unpaired) electrons. The Balaban J connectivity index is 2.27. The zero-order valence-corrected chi connectivity index (χ0v) is 10.2. The second-order valence-electron chi connectivity index (χ2n) is 4.85. The Labute approximate surface area is 96.6 Å². The maximum absolute atomic E-state index is 8.54. The van der Waals surface area contributed by atoms with Crippen LogP contribution < -0.4 is 5.32 Å². The van der Waals surface area contributed by atoms with Gasteiger partial charge in [-0.1, -0.05) is 19.0 Å². The molecule has 0 aliphatic rings. The van der Waals surface area contributed by atoms with Crippen LogP contribution in [0.1, 0.15) is 38.1 Å². The van der Waals surface area contributed by atoms with Crippen molar-refractivity contribution in [2.24, 2.45) is 5.41 Å². The van der Waals surface area contributed by atoms with Crippen molar-refractivity contribution in [1.29, 1.82) is 5.26 Å². The molecule has 4 nitrogen and oxygen atoms in total. The third-order valence-electron chi connectivity index (χ3n) is 2.50. The summed E-state index contributed by atoms with van der Waals surface area (Å²) in [6.45, 7) is 7.79. The van der Waals surface area contributed by atoms with Crippen molar-refractivity contribution in [2.45, 2.75) is 40.2 Å². The molecule has 0 saturated carbocycles. The second kappa shape index (κ2) is 5.66. The highest BCUT2D eigenvalue weighted by molar-refractivity contribution is 5.02. The monoisotopic (exact) mass is 221 g/mol. The lowest BCUT2D eigenvalue weighted by Crippen LogP contribution is -2.29. The molecule has 0 aromatic carbocycles. The largest absolute Gasteiger partial charge is 0.361 e. The van der Waals surface area contributed by atoms with Crippen LogP contribution in [0.25, 0.3) is 0 Å². The predicted octanol–water partition coefficient (Wildman–Crippen LogP) is 2.40. The van der Waals surface area contributed by atoms with Crippen molar-refractivity contribution in [1.82, 2.24) is 10.5 Å². The standard InChI is InChI=1S/C12H19N3O/c1-10-7-11(15-16-10)8-14-9-12(2,3)5-4-6-13/h7,14H,4-5,8-9H2,1-3H3. The van der Waals surface area contributed by atoms with Gasteiger partial charge in [-0.05, 0) is 18.8 Å². The summed E-state index contributed by atoms with van der Waals surface area (Å²) >= 11 is 0. The van der Waals surface area contributed by atoms with E-state index in [0.29, 0.717) is 13.0 Å². The molecule has 0 amide bonds. The molecule has 0 bridgehead atoms. The highest BCUT2D eigenvalue weighted by Gasteiger charge is 2.16. The van der Waals surface area contributed by atoms with Gasteiger partial charge >= 0.3 is 0 Å². The molecule has 4 heteroatoms. The molecule has 0 saturated heterocycles. The first kappa shape index (κ1) is 12.7. The Bertz CT molecular complexity index is 363. The van der Waals surface area contributed by atoms with Gasteiger partial charge in [-0.25, -0.2) is 0 Å². The van der Waals surface area contributed by atoms with E-state index in [1.807, 2.05) is 13.0 Å². The number of aromatic nitrogens is 1. The van der Waals surface area contributed by atoms with E-state index in [1.54, 1.807) is 0 Å². The fourth-order valence-corrected chi connectivity index (χ4v) is 1.51. The van der Waals surface area contributed by atoms with Crippen molar-refractivity contribution < 1.29 is 4.52 Å². The van der Waals surface area contributed by atoms with E-state index in [0.717, 1.165) is 24.4 Å². The van der Waals surface area contributed by atoms with E-state index >= 15 is 0 Å². The summed E-state index contributed by atoms with van der Waals surface area (Å²) in [6.07, 6.45) is 1.52. The van der Waals surface area contributed by atoms with E-state index in [9.17, 15) is 0 Å². The van der Waals surface area contributed by atoms with Gasteiger partial charge in [-0.3, -0.25) is 0 Å². The third-order valence-corrected chi connectivity index (χ3v) is 2.50.